The van der Waals surface area contributed by atoms with E-state index in [2.05, 4.69) is 24.0 Å². The number of hydrogen-bond acceptors (Lipinski definition) is 7. The number of thiophene rings is 1. The summed E-state index contributed by atoms with van der Waals surface area (Å²) in [6.45, 7) is 5.85. The molecule has 0 aliphatic heterocycles. The molecule has 0 atom stereocenters. The smallest absolute Gasteiger partial charge is 0.251 e. The lowest BCUT2D eigenvalue weighted by Crippen LogP contribution is -2.20. The van der Waals surface area contributed by atoms with E-state index in [4.69, 9.17) is 20.9 Å². The van der Waals surface area contributed by atoms with Crippen molar-refractivity contribution in [3.8, 4) is 21.9 Å². The van der Waals surface area contributed by atoms with Crippen molar-refractivity contribution < 1.29 is 13.6 Å². The van der Waals surface area contributed by atoms with Crippen molar-refractivity contribution >= 4 is 33.0 Å². The topological polar surface area (TPSA) is 121 Å². The number of pyridine rings is 1. The summed E-state index contributed by atoms with van der Waals surface area (Å²) in [6.07, 6.45) is 1.67. The lowest BCUT2D eigenvalue weighted by molar-refractivity contribution is 0.0999. The molecule has 0 aliphatic rings. The number of nitrogen functional groups attached to an aromatic ring is 1. The number of aryl methyl sites for hydroxylation is 3. The van der Waals surface area contributed by atoms with Gasteiger partial charge in [-0.3, -0.25) is 9.78 Å². The number of benzene rings is 2. The first-order chi connectivity index (χ1) is 18.2. The van der Waals surface area contributed by atoms with E-state index in [0.717, 1.165) is 20.5 Å². The molecule has 4 N–H and O–H groups in total. The molecule has 0 radical (unpaired) electrons. The van der Waals surface area contributed by atoms with Crippen molar-refractivity contribution in [2.75, 3.05) is 5.73 Å². The Morgan fingerprint density at radius 1 is 1.05 bits per heavy atom. The summed E-state index contributed by atoms with van der Waals surface area (Å²) in [5, 5.41) is 9.26. The predicted octanol–water partition coefficient (Wildman–Crippen LogP) is 6.13. The van der Waals surface area contributed by atoms with Gasteiger partial charge in [-0.1, -0.05) is 32.0 Å². The number of anilines is 1. The number of rotatable bonds is 8. The number of hydrogen-bond donors (Lipinski definition) is 2. The van der Waals surface area contributed by atoms with E-state index in [1.54, 1.807) is 19.1 Å². The third-order valence-electron chi connectivity index (χ3n) is 6.34. The zero-order valence-corrected chi connectivity index (χ0v) is 22.2. The van der Waals surface area contributed by atoms with Crippen LogP contribution in [0.1, 0.15) is 47.0 Å². The summed E-state index contributed by atoms with van der Waals surface area (Å²) in [4.78, 5) is 18.9. The second-order valence-electron chi connectivity index (χ2n) is 9.71. The third kappa shape index (κ3) is 5.02. The third-order valence-corrected chi connectivity index (χ3v) is 7.46. The molecule has 0 aliphatic carbocycles. The minimum absolute atomic E-state index is 0.230. The van der Waals surface area contributed by atoms with Gasteiger partial charge in [-0.15, -0.1) is 21.5 Å². The Balaban J connectivity index is 1.80. The van der Waals surface area contributed by atoms with Crippen molar-refractivity contribution in [3.63, 3.8) is 0 Å². The maximum Gasteiger partial charge on any atom is 0.251 e. The highest BCUT2D eigenvalue weighted by molar-refractivity contribution is 7.22. The van der Waals surface area contributed by atoms with Crippen LogP contribution in [-0.2, 0) is 19.3 Å². The van der Waals surface area contributed by atoms with E-state index in [0.29, 0.717) is 58.9 Å². The van der Waals surface area contributed by atoms with E-state index in [9.17, 15) is 9.18 Å². The van der Waals surface area contributed by atoms with Crippen LogP contribution in [0.5, 0.6) is 0 Å². The van der Waals surface area contributed by atoms with Crippen LogP contribution >= 0.6 is 11.3 Å². The molecule has 3 aromatic heterocycles. The van der Waals surface area contributed by atoms with Gasteiger partial charge in [0.05, 0.1) is 22.5 Å². The van der Waals surface area contributed by atoms with Crippen LogP contribution < -0.4 is 11.5 Å². The summed E-state index contributed by atoms with van der Waals surface area (Å²) in [6, 6.07) is 14.1. The average Bonchev–Trinajstić information content (AvgIpc) is 3.49. The van der Waals surface area contributed by atoms with Crippen molar-refractivity contribution in [3.05, 3.63) is 82.8 Å². The maximum atomic E-state index is 13.5. The number of fused-ring (bicyclic) bond motifs is 1. The average molecular weight is 530 g/mol. The first kappa shape index (κ1) is 25.5. The summed E-state index contributed by atoms with van der Waals surface area (Å²) in [5.74, 6) is 0.0281. The Morgan fingerprint density at radius 3 is 2.45 bits per heavy atom. The lowest BCUT2D eigenvalue weighted by atomic mass is 9.91. The quantitative estimate of drug-likeness (QED) is 0.233. The Morgan fingerprint density at radius 2 is 1.82 bits per heavy atom. The number of halogens is 1. The fraction of sp³-hybridized carbons (Fsp3) is 0.241. The van der Waals surface area contributed by atoms with Crippen LogP contribution in [0, 0.1) is 18.7 Å². The summed E-state index contributed by atoms with van der Waals surface area (Å²) >= 11 is 1.52. The van der Waals surface area contributed by atoms with Gasteiger partial charge >= 0.3 is 0 Å². The Bertz CT molecular complexity index is 1640. The van der Waals surface area contributed by atoms with E-state index >= 15 is 0 Å². The molecule has 0 bridgehead atoms. The highest BCUT2D eigenvalue weighted by Crippen LogP contribution is 2.44. The molecule has 2 aromatic carbocycles. The molecule has 0 saturated carbocycles. The molecule has 38 heavy (non-hydrogen) atoms. The van der Waals surface area contributed by atoms with E-state index in [1.807, 2.05) is 24.3 Å². The highest BCUT2D eigenvalue weighted by atomic mass is 32.1. The first-order valence-corrected chi connectivity index (χ1v) is 13.2. The minimum Gasteiger partial charge on any atom is -0.421 e. The standard InChI is InChI=1S/C29H28FN5O2S/c1-15(2)13-22-25(28(32)36)27(24-14-19-20(31)5-4-6-23(19)38-24)26(29-35-34-16(3)37-29)21(33-22)12-9-17-7-10-18(30)11-8-17/h4-8,10-11,14-15H,9,12-13,31H2,1-3H3,(H2,32,36). The van der Waals surface area contributed by atoms with Gasteiger partial charge in [-0.2, -0.15) is 0 Å². The van der Waals surface area contributed by atoms with Crippen LogP contribution in [0.15, 0.2) is 52.9 Å². The molecule has 194 valence electrons. The van der Waals surface area contributed by atoms with Crippen LogP contribution in [0.2, 0.25) is 0 Å². The zero-order valence-electron chi connectivity index (χ0n) is 21.4. The predicted molar refractivity (Wildman–Crippen MR) is 148 cm³/mol. The van der Waals surface area contributed by atoms with Crippen molar-refractivity contribution in [2.24, 2.45) is 11.7 Å². The fourth-order valence-corrected chi connectivity index (χ4v) is 5.82. The van der Waals surface area contributed by atoms with Crippen molar-refractivity contribution in [1.82, 2.24) is 15.2 Å². The molecule has 7 nitrogen and oxygen atoms in total. The summed E-state index contributed by atoms with van der Waals surface area (Å²) in [5.41, 5.74) is 16.8. The van der Waals surface area contributed by atoms with Gasteiger partial charge in [0.2, 0.25) is 11.8 Å². The molecule has 3 heterocycles. The largest absolute Gasteiger partial charge is 0.421 e. The molecule has 0 fully saturated rings. The van der Waals surface area contributed by atoms with Gasteiger partial charge in [-0.05, 0) is 61.1 Å². The molecular formula is C29H28FN5O2S. The molecule has 0 saturated heterocycles. The van der Waals surface area contributed by atoms with E-state index in [1.165, 1.54) is 23.5 Å². The molecule has 0 spiro atoms. The van der Waals surface area contributed by atoms with Gasteiger partial charge in [-0.25, -0.2) is 4.39 Å². The minimum atomic E-state index is -0.573. The number of nitrogens with two attached hydrogens (primary N) is 2. The van der Waals surface area contributed by atoms with Crippen molar-refractivity contribution in [1.29, 1.82) is 0 Å². The van der Waals surface area contributed by atoms with Crippen LogP contribution in [0.3, 0.4) is 0 Å². The number of amides is 1. The monoisotopic (exact) mass is 529 g/mol. The Hall–Kier alpha value is -4.11. The van der Waals surface area contributed by atoms with Crippen LogP contribution in [-0.4, -0.2) is 21.1 Å². The second-order valence-corrected chi connectivity index (χ2v) is 10.8. The number of nitrogens with zero attached hydrogens (tertiary/aromatic N) is 3. The SMILES string of the molecule is Cc1nnc(-c2c(CCc3ccc(F)cc3)nc(CC(C)C)c(C(N)=O)c2-c2cc3c(N)cccc3s2)o1. The number of primary amides is 1. The summed E-state index contributed by atoms with van der Waals surface area (Å²) in [7, 11) is 0. The molecule has 0 unspecified atom stereocenters. The highest BCUT2D eigenvalue weighted by Gasteiger charge is 2.29. The molecule has 1 amide bonds. The number of carbonyl (C=O) groups is 1. The first-order valence-electron chi connectivity index (χ1n) is 12.4. The molecule has 9 heteroatoms. The maximum absolute atomic E-state index is 13.5. The second kappa shape index (κ2) is 10.3. The van der Waals surface area contributed by atoms with E-state index in [-0.39, 0.29) is 17.6 Å². The molecule has 5 rings (SSSR count). The van der Waals surface area contributed by atoms with Crippen LogP contribution in [0.25, 0.3) is 32.0 Å². The Kier molecular flexibility index (Phi) is 6.94. The van der Waals surface area contributed by atoms with Gasteiger partial charge in [0, 0.05) is 33.1 Å². The van der Waals surface area contributed by atoms with Crippen molar-refractivity contribution in [2.45, 2.75) is 40.0 Å². The fourth-order valence-electron chi connectivity index (χ4n) is 4.66. The summed E-state index contributed by atoms with van der Waals surface area (Å²) < 4.78 is 20.4. The van der Waals surface area contributed by atoms with Crippen LogP contribution in [0.4, 0.5) is 10.1 Å². The Labute approximate surface area is 223 Å². The normalized spacial score (nSPS) is 11.5. The number of aromatic nitrogens is 3. The van der Waals surface area contributed by atoms with Gasteiger partial charge < -0.3 is 15.9 Å². The lowest BCUT2D eigenvalue weighted by Gasteiger charge is -2.19. The molecule has 5 aromatic rings. The van der Waals surface area contributed by atoms with Gasteiger partial charge in [0.15, 0.2) is 0 Å². The molecular weight excluding hydrogens is 501 g/mol. The van der Waals surface area contributed by atoms with Gasteiger partial charge in [0.1, 0.15) is 5.82 Å². The van der Waals surface area contributed by atoms with Gasteiger partial charge in [0.25, 0.3) is 5.91 Å². The number of carbonyl (C=O) groups excluding carboxylic acids is 1. The van der Waals surface area contributed by atoms with E-state index < -0.39 is 5.91 Å². The zero-order chi connectivity index (χ0) is 27.0.